The van der Waals surface area contributed by atoms with Crippen LogP contribution in [0.2, 0.25) is 10.0 Å². The van der Waals surface area contributed by atoms with E-state index in [-0.39, 0.29) is 44.7 Å². The number of hydrogen-bond acceptors (Lipinski definition) is 4. The molecule has 2 heterocycles. The average molecular weight is 519 g/mol. The molecule has 0 N–H and O–H groups in total. The van der Waals surface area contributed by atoms with Crippen LogP contribution in [0.3, 0.4) is 0 Å². The minimum Gasteiger partial charge on any atom is -0.441 e. The van der Waals surface area contributed by atoms with E-state index in [0.29, 0.717) is 38.0 Å². The fraction of sp³-hybridized carbons (Fsp3) is 0.364. The summed E-state index contributed by atoms with van der Waals surface area (Å²) in [6.07, 6.45) is 0.451. The molecule has 2 aliphatic heterocycles. The lowest BCUT2D eigenvalue weighted by Crippen LogP contribution is -2.48. The molecule has 0 saturated carbocycles. The van der Waals surface area contributed by atoms with E-state index < -0.39 is 17.2 Å². The Labute approximate surface area is 202 Å². The number of carbonyl (C=O) groups is 2. The van der Waals surface area contributed by atoms with Crippen LogP contribution >= 0.6 is 35.0 Å². The van der Waals surface area contributed by atoms with Crippen LogP contribution in [-0.4, -0.2) is 52.5 Å². The Bertz CT molecular complexity index is 1040. The summed E-state index contributed by atoms with van der Waals surface area (Å²) in [6, 6.07) is 10.8. The van der Waals surface area contributed by atoms with Crippen LogP contribution in [0.15, 0.2) is 47.4 Å². The Morgan fingerprint density at radius 1 is 1.06 bits per heavy atom. The summed E-state index contributed by atoms with van der Waals surface area (Å²) in [5, 5.41) is 0.566. The molecule has 2 saturated heterocycles. The number of benzene rings is 2. The third kappa shape index (κ3) is 5.53. The van der Waals surface area contributed by atoms with E-state index in [1.165, 1.54) is 17.0 Å². The van der Waals surface area contributed by atoms with Crippen LogP contribution in [0, 0.1) is 0 Å². The maximum absolute atomic E-state index is 12.9. The SMILES string of the molecule is O=C1OC2(CCN(C(=O)c3c(Cl)cccc3Cl)CC2)CN1Cc1ccc(SC(F)(F)F)cc1. The summed E-state index contributed by atoms with van der Waals surface area (Å²) in [4.78, 5) is 28.6. The first kappa shape index (κ1) is 24.0. The van der Waals surface area contributed by atoms with E-state index in [1.807, 2.05) is 0 Å². The van der Waals surface area contributed by atoms with Gasteiger partial charge in [-0.25, -0.2) is 4.79 Å². The van der Waals surface area contributed by atoms with Gasteiger partial charge in [0.15, 0.2) is 0 Å². The molecule has 33 heavy (non-hydrogen) atoms. The zero-order valence-corrected chi connectivity index (χ0v) is 19.5. The van der Waals surface area contributed by atoms with Crippen LogP contribution in [0.1, 0.15) is 28.8 Å². The lowest BCUT2D eigenvalue weighted by atomic mass is 9.91. The van der Waals surface area contributed by atoms with Crippen molar-refractivity contribution in [3.05, 3.63) is 63.6 Å². The molecule has 2 fully saturated rings. The van der Waals surface area contributed by atoms with Gasteiger partial charge in [0.1, 0.15) is 5.60 Å². The molecule has 0 atom stereocenters. The van der Waals surface area contributed by atoms with Crippen molar-refractivity contribution in [3.63, 3.8) is 0 Å². The molecule has 0 radical (unpaired) electrons. The second-order valence-electron chi connectivity index (χ2n) is 7.99. The molecule has 2 aromatic carbocycles. The second kappa shape index (κ2) is 9.27. The summed E-state index contributed by atoms with van der Waals surface area (Å²) in [5.74, 6) is -0.265. The van der Waals surface area contributed by atoms with Gasteiger partial charge in [0.05, 0.1) is 22.2 Å². The summed E-state index contributed by atoms with van der Waals surface area (Å²) < 4.78 is 43.2. The van der Waals surface area contributed by atoms with Crippen molar-refractivity contribution in [2.24, 2.45) is 0 Å². The van der Waals surface area contributed by atoms with E-state index in [4.69, 9.17) is 27.9 Å². The third-order valence-electron chi connectivity index (χ3n) is 5.71. The van der Waals surface area contributed by atoms with Crippen molar-refractivity contribution < 1.29 is 27.5 Å². The highest BCUT2D eigenvalue weighted by molar-refractivity contribution is 8.00. The number of halogens is 5. The number of rotatable bonds is 4. The van der Waals surface area contributed by atoms with E-state index in [1.54, 1.807) is 35.2 Å². The first-order valence-corrected chi connectivity index (χ1v) is 11.7. The number of piperidine rings is 1. The van der Waals surface area contributed by atoms with Crippen LogP contribution in [0.5, 0.6) is 0 Å². The molecule has 1 spiro atoms. The van der Waals surface area contributed by atoms with Gasteiger partial charge >= 0.3 is 11.6 Å². The van der Waals surface area contributed by atoms with Crippen LogP contribution < -0.4 is 0 Å². The first-order valence-electron chi connectivity index (χ1n) is 10.1. The Balaban J connectivity index is 1.36. The predicted octanol–water partition coefficient (Wildman–Crippen LogP) is 6.23. The van der Waals surface area contributed by atoms with Crippen molar-refractivity contribution in [1.82, 2.24) is 9.80 Å². The highest BCUT2D eigenvalue weighted by Crippen LogP contribution is 2.38. The normalized spacial score (nSPS) is 18.0. The average Bonchev–Trinajstić information content (AvgIpc) is 3.03. The van der Waals surface area contributed by atoms with Gasteiger partial charge in [0, 0.05) is 37.4 Å². The number of likely N-dealkylation sites (tertiary alicyclic amines) is 1. The number of thioether (sulfide) groups is 1. The number of nitrogens with zero attached hydrogens (tertiary/aromatic N) is 2. The monoisotopic (exact) mass is 518 g/mol. The summed E-state index contributed by atoms with van der Waals surface area (Å²) >= 11 is 12.1. The van der Waals surface area contributed by atoms with Gasteiger partial charge in [0.2, 0.25) is 0 Å². The Morgan fingerprint density at radius 3 is 2.24 bits per heavy atom. The maximum Gasteiger partial charge on any atom is 0.446 e. The molecular formula is C22H19Cl2F3N2O3S. The molecule has 4 rings (SSSR count). The van der Waals surface area contributed by atoms with E-state index in [0.717, 1.165) is 0 Å². The fourth-order valence-corrected chi connectivity index (χ4v) is 5.17. The molecule has 176 valence electrons. The van der Waals surface area contributed by atoms with E-state index in [2.05, 4.69) is 0 Å². The topological polar surface area (TPSA) is 49.9 Å². The number of hydrogen-bond donors (Lipinski definition) is 0. The number of carbonyl (C=O) groups excluding carboxylic acids is 2. The number of amides is 2. The molecule has 0 aromatic heterocycles. The molecule has 2 aliphatic rings. The van der Waals surface area contributed by atoms with Crippen molar-refractivity contribution in [2.45, 2.75) is 35.4 Å². The molecule has 0 bridgehead atoms. The fourth-order valence-electron chi connectivity index (χ4n) is 4.07. The molecule has 0 aliphatic carbocycles. The van der Waals surface area contributed by atoms with E-state index in [9.17, 15) is 22.8 Å². The van der Waals surface area contributed by atoms with Gasteiger partial charge < -0.3 is 9.64 Å². The minimum atomic E-state index is -4.35. The summed E-state index contributed by atoms with van der Waals surface area (Å²) in [7, 11) is 0. The number of ether oxygens (including phenoxy) is 1. The van der Waals surface area contributed by atoms with Crippen LogP contribution in [-0.2, 0) is 11.3 Å². The minimum absolute atomic E-state index is 0.0855. The predicted molar refractivity (Wildman–Crippen MR) is 120 cm³/mol. The molecule has 2 amide bonds. The summed E-state index contributed by atoms with van der Waals surface area (Å²) in [6.45, 7) is 1.34. The van der Waals surface area contributed by atoms with Crippen LogP contribution in [0.4, 0.5) is 18.0 Å². The van der Waals surface area contributed by atoms with Gasteiger partial charge in [-0.2, -0.15) is 13.2 Å². The Kier molecular flexibility index (Phi) is 6.75. The quantitative estimate of drug-likeness (QED) is 0.450. The molecule has 5 nitrogen and oxygen atoms in total. The van der Waals surface area contributed by atoms with Gasteiger partial charge in [-0.05, 0) is 41.6 Å². The van der Waals surface area contributed by atoms with Crippen LogP contribution in [0.25, 0.3) is 0 Å². The summed E-state index contributed by atoms with van der Waals surface area (Å²) in [5.41, 5.74) is -4.09. The zero-order chi connectivity index (χ0) is 23.8. The molecule has 2 aromatic rings. The van der Waals surface area contributed by atoms with Crippen molar-refractivity contribution >= 4 is 47.0 Å². The smallest absolute Gasteiger partial charge is 0.441 e. The van der Waals surface area contributed by atoms with Crippen molar-refractivity contribution in [1.29, 1.82) is 0 Å². The number of alkyl halides is 3. The zero-order valence-electron chi connectivity index (χ0n) is 17.2. The highest BCUT2D eigenvalue weighted by atomic mass is 35.5. The molecule has 0 unspecified atom stereocenters. The second-order valence-corrected chi connectivity index (χ2v) is 9.94. The standard InChI is InChI=1S/C22H19Cl2F3N2O3S/c23-16-2-1-3-17(24)18(16)19(30)28-10-8-21(9-11-28)13-29(20(31)32-21)12-14-4-6-15(7-5-14)33-22(25,26)27/h1-7H,8-13H2. The van der Waals surface area contributed by atoms with E-state index >= 15 is 0 Å². The van der Waals surface area contributed by atoms with Crippen molar-refractivity contribution in [2.75, 3.05) is 19.6 Å². The molecular weight excluding hydrogens is 500 g/mol. The van der Waals surface area contributed by atoms with Gasteiger partial charge in [-0.1, -0.05) is 41.4 Å². The lowest BCUT2D eigenvalue weighted by Gasteiger charge is -2.37. The maximum atomic E-state index is 12.9. The highest BCUT2D eigenvalue weighted by Gasteiger charge is 2.47. The Hall–Kier alpha value is -2.10. The lowest BCUT2D eigenvalue weighted by molar-refractivity contribution is -0.0328. The largest absolute Gasteiger partial charge is 0.446 e. The third-order valence-corrected chi connectivity index (χ3v) is 7.08. The molecule has 11 heteroatoms. The Morgan fingerprint density at radius 2 is 1.67 bits per heavy atom. The van der Waals surface area contributed by atoms with Gasteiger partial charge in [-0.15, -0.1) is 0 Å². The van der Waals surface area contributed by atoms with Crippen molar-refractivity contribution in [3.8, 4) is 0 Å². The van der Waals surface area contributed by atoms with Gasteiger partial charge in [0.25, 0.3) is 5.91 Å². The van der Waals surface area contributed by atoms with Gasteiger partial charge in [-0.3, -0.25) is 9.69 Å². The first-order chi connectivity index (χ1) is 15.6.